The van der Waals surface area contributed by atoms with E-state index in [0.29, 0.717) is 6.04 Å². The minimum Gasteiger partial charge on any atom is -0.393 e. The van der Waals surface area contributed by atoms with Crippen LogP contribution in [0.3, 0.4) is 0 Å². The molecular weight excluding hydrogens is 176 g/mol. The molecular formula is C11H20N2O. The van der Waals surface area contributed by atoms with Gasteiger partial charge in [-0.1, -0.05) is 6.92 Å². The standard InChI is InChI=1S/C11H20N2O/c1-4-11(6-5-10(3)14)13-8-9(2)7-12-13/h7-8,10-11,14H,4-6H2,1-3H3. The lowest BCUT2D eigenvalue weighted by atomic mass is 10.1. The van der Waals surface area contributed by atoms with E-state index < -0.39 is 0 Å². The molecule has 2 atom stereocenters. The number of nitrogens with zero attached hydrogens (tertiary/aromatic N) is 2. The summed E-state index contributed by atoms with van der Waals surface area (Å²) in [4.78, 5) is 0. The van der Waals surface area contributed by atoms with Crippen LogP contribution >= 0.6 is 0 Å². The van der Waals surface area contributed by atoms with E-state index in [1.54, 1.807) is 0 Å². The lowest BCUT2D eigenvalue weighted by molar-refractivity contribution is 0.171. The Morgan fingerprint density at radius 2 is 2.21 bits per heavy atom. The number of hydrogen-bond acceptors (Lipinski definition) is 2. The summed E-state index contributed by atoms with van der Waals surface area (Å²) in [6.45, 7) is 6.04. The van der Waals surface area contributed by atoms with Crippen molar-refractivity contribution in [3.05, 3.63) is 18.0 Å². The van der Waals surface area contributed by atoms with Crippen LogP contribution in [0, 0.1) is 6.92 Å². The van der Waals surface area contributed by atoms with Gasteiger partial charge in [-0.15, -0.1) is 0 Å². The van der Waals surface area contributed by atoms with Gasteiger partial charge in [0.1, 0.15) is 0 Å². The van der Waals surface area contributed by atoms with E-state index in [0.717, 1.165) is 19.3 Å². The molecule has 0 aromatic carbocycles. The summed E-state index contributed by atoms with van der Waals surface area (Å²) in [6, 6.07) is 0.429. The average Bonchev–Trinajstić information content (AvgIpc) is 2.53. The van der Waals surface area contributed by atoms with Crippen LogP contribution < -0.4 is 0 Å². The minimum absolute atomic E-state index is 0.208. The zero-order valence-electron chi connectivity index (χ0n) is 9.27. The fraction of sp³-hybridized carbons (Fsp3) is 0.727. The SMILES string of the molecule is CCC(CCC(C)O)n1cc(C)cn1. The molecule has 0 aliphatic carbocycles. The van der Waals surface area contributed by atoms with Crippen molar-refractivity contribution in [3.8, 4) is 0 Å². The van der Waals surface area contributed by atoms with Crippen LogP contribution in [0.1, 0.15) is 44.7 Å². The first kappa shape index (κ1) is 11.2. The summed E-state index contributed by atoms with van der Waals surface area (Å²) in [5.74, 6) is 0. The molecule has 2 unspecified atom stereocenters. The van der Waals surface area contributed by atoms with Crippen LogP contribution in [0.15, 0.2) is 12.4 Å². The summed E-state index contributed by atoms with van der Waals surface area (Å²) in [7, 11) is 0. The molecule has 0 spiro atoms. The maximum Gasteiger partial charge on any atom is 0.0519 e. The Morgan fingerprint density at radius 1 is 1.50 bits per heavy atom. The topological polar surface area (TPSA) is 38.0 Å². The second-order valence-electron chi connectivity index (χ2n) is 3.99. The molecule has 14 heavy (non-hydrogen) atoms. The Balaban J connectivity index is 2.54. The van der Waals surface area contributed by atoms with E-state index in [1.165, 1.54) is 5.56 Å². The number of aliphatic hydroxyl groups is 1. The summed E-state index contributed by atoms with van der Waals surface area (Å²) >= 11 is 0. The van der Waals surface area contributed by atoms with Crippen LogP contribution in [-0.4, -0.2) is 21.0 Å². The predicted molar refractivity (Wildman–Crippen MR) is 57.2 cm³/mol. The Kier molecular flexibility index (Phi) is 4.14. The summed E-state index contributed by atoms with van der Waals surface area (Å²) in [5, 5.41) is 13.5. The van der Waals surface area contributed by atoms with Gasteiger partial charge in [0.15, 0.2) is 0 Å². The van der Waals surface area contributed by atoms with Crippen molar-refractivity contribution < 1.29 is 5.11 Å². The molecule has 3 heteroatoms. The highest BCUT2D eigenvalue weighted by molar-refractivity contribution is 5.00. The van der Waals surface area contributed by atoms with Gasteiger partial charge in [0.25, 0.3) is 0 Å². The van der Waals surface area contributed by atoms with Gasteiger partial charge in [-0.3, -0.25) is 4.68 Å². The first-order chi connectivity index (χ1) is 6.63. The molecule has 0 aliphatic heterocycles. The summed E-state index contributed by atoms with van der Waals surface area (Å²) < 4.78 is 2.01. The van der Waals surface area contributed by atoms with Gasteiger partial charge in [0, 0.05) is 6.20 Å². The summed E-state index contributed by atoms with van der Waals surface area (Å²) in [6.07, 6.45) is 6.64. The van der Waals surface area contributed by atoms with Crippen molar-refractivity contribution in [3.63, 3.8) is 0 Å². The fourth-order valence-corrected chi connectivity index (χ4v) is 1.59. The van der Waals surface area contributed by atoms with Crippen molar-refractivity contribution in [2.24, 2.45) is 0 Å². The molecule has 1 aromatic rings. The monoisotopic (exact) mass is 196 g/mol. The van der Waals surface area contributed by atoms with Gasteiger partial charge in [-0.25, -0.2) is 0 Å². The number of aliphatic hydroxyl groups excluding tert-OH is 1. The van der Waals surface area contributed by atoms with Crippen LogP contribution in [0.5, 0.6) is 0 Å². The second-order valence-corrected chi connectivity index (χ2v) is 3.99. The molecule has 0 bridgehead atoms. The van der Waals surface area contributed by atoms with Crippen molar-refractivity contribution in [1.29, 1.82) is 0 Å². The third kappa shape index (κ3) is 3.14. The summed E-state index contributed by atoms with van der Waals surface area (Å²) in [5.41, 5.74) is 1.19. The quantitative estimate of drug-likeness (QED) is 0.784. The first-order valence-corrected chi connectivity index (χ1v) is 5.32. The van der Waals surface area contributed by atoms with Crippen molar-refractivity contribution in [1.82, 2.24) is 9.78 Å². The Labute approximate surface area is 85.8 Å². The Morgan fingerprint density at radius 3 is 2.64 bits per heavy atom. The number of aryl methyl sites for hydroxylation is 1. The average molecular weight is 196 g/mol. The molecule has 1 rings (SSSR count). The van der Waals surface area contributed by atoms with E-state index in [2.05, 4.69) is 18.2 Å². The Bertz CT molecular complexity index is 268. The zero-order chi connectivity index (χ0) is 10.6. The maximum atomic E-state index is 9.22. The van der Waals surface area contributed by atoms with E-state index in [-0.39, 0.29) is 6.10 Å². The molecule has 3 nitrogen and oxygen atoms in total. The van der Waals surface area contributed by atoms with Gasteiger partial charge in [0.2, 0.25) is 0 Å². The lowest BCUT2D eigenvalue weighted by Gasteiger charge is -2.16. The molecule has 0 fully saturated rings. The fourth-order valence-electron chi connectivity index (χ4n) is 1.59. The van der Waals surface area contributed by atoms with Gasteiger partial charge in [0.05, 0.1) is 18.3 Å². The van der Waals surface area contributed by atoms with E-state index in [9.17, 15) is 5.11 Å². The van der Waals surface area contributed by atoms with Crippen molar-refractivity contribution >= 4 is 0 Å². The van der Waals surface area contributed by atoms with Gasteiger partial charge < -0.3 is 5.11 Å². The van der Waals surface area contributed by atoms with Crippen molar-refractivity contribution in [2.75, 3.05) is 0 Å². The number of rotatable bonds is 5. The van der Waals surface area contributed by atoms with E-state index in [1.807, 2.05) is 24.7 Å². The molecule has 0 radical (unpaired) electrons. The smallest absolute Gasteiger partial charge is 0.0519 e. The highest BCUT2D eigenvalue weighted by Gasteiger charge is 2.10. The van der Waals surface area contributed by atoms with Crippen LogP contribution in [0.4, 0.5) is 0 Å². The minimum atomic E-state index is -0.208. The molecule has 1 N–H and O–H groups in total. The highest BCUT2D eigenvalue weighted by Crippen LogP contribution is 2.18. The number of hydrogen-bond donors (Lipinski definition) is 1. The van der Waals surface area contributed by atoms with E-state index >= 15 is 0 Å². The van der Waals surface area contributed by atoms with Gasteiger partial charge >= 0.3 is 0 Å². The predicted octanol–water partition coefficient (Wildman–Crippen LogP) is 2.30. The van der Waals surface area contributed by atoms with Crippen LogP contribution in [-0.2, 0) is 0 Å². The molecule has 0 amide bonds. The molecule has 0 aliphatic rings. The third-order valence-electron chi connectivity index (χ3n) is 2.49. The lowest BCUT2D eigenvalue weighted by Crippen LogP contribution is -2.11. The molecule has 0 saturated carbocycles. The van der Waals surface area contributed by atoms with E-state index in [4.69, 9.17) is 0 Å². The normalized spacial score (nSPS) is 15.4. The van der Waals surface area contributed by atoms with Gasteiger partial charge in [-0.05, 0) is 38.7 Å². The van der Waals surface area contributed by atoms with Gasteiger partial charge in [-0.2, -0.15) is 5.10 Å². The molecule has 0 saturated heterocycles. The second kappa shape index (κ2) is 5.15. The number of aromatic nitrogens is 2. The van der Waals surface area contributed by atoms with Crippen LogP contribution in [0.2, 0.25) is 0 Å². The Hall–Kier alpha value is -0.830. The van der Waals surface area contributed by atoms with Crippen molar-refractivity contribution in [2.45, 2.75) is 52.2 Å². The molecule has 1 heterocycles. The molecule has 80 valence electrons. The third-order valence-corrected chi connectivity index (χ3v) is 2.49. The largest absolute Gasteiger partial charge is 0.393 e. The zero-order valence-corrected chi connectivity index (χ0v) is 9.27. The maximum absolute atomic E-state index is 9.22. The first-order valence-electron chi connectivity index (χ1n) is 5.32. The van der Waals surface area contributed by atoms with Crippen LogP contribution in [0.25, 0.3) is 0 Å². The highest BCUT2D eigenvalue weighted by atomic mass is 16.3. The molecule has 1 aromatic heterocycles.